The summed E-state index contributed by atoms with van der Waals surface area (Å²) < 4.78 is 32.4. The lowest BCUT2D eigenvalue weighted by atomic mass is 10.4. The van der Waals surface area contributed by atoms with Crippen molar-refractivity contribution < 1.29 is 12.8 Å². The predicted octanol–water partition coefficient (Wildman–Crippen LogP) is 0.155. The SMILES string of the molecule is CNCCCN(C)S(=O)(=O)NCc1ccco1. The Morgan fingerprint density at radius 2 is 2.24 bits per heavy atom. The zero-order valence-corrected chi connectivity index (χ0v) is 11.0. The van der Waals surface area contributed by atoms with Crippen LogP contribution in [0, 0.1) is 0 Å². The van der Waals surface area contributed by atoms with Gasteiger partial charge in [0.15, 0.2) is 0 Å². The van der Waals surface area contributed by atoms with Crippen LogP contribution in [0.2, 0.25) is 0 Å². The average Bonchev–Trinajstić information content (AvgIpc) is 2.79. The van der Waals surface area contributed by atoms with Crippen LogP contribution in [0.4, 0.5) is 0 Å². The molecule has 0 amide bonds. The molecule has 98 valence electrons. The van der Waals surface area contributed by atoms with Crippen LogP contribution in [0.5, 0.6) is 0 Å². The average molecular weight is 261 g/mol. The van der Waals surface area contributed by atoms with Crippen molar-refractivity contribution in [2.45, 2.75) is 13.0 Å². The fraction of sp³-hybridized carbons (Fsp3) is 0.600. The van der Waals surface area contributed by atoms with Gasteiger partial charge < -0.3 is 9.73 Å². The molecule has 0 aromatic carbocycles. The highest BCUT2D eigenvalue weighted by atomic mass is 32.2. The Bertz CT molecular complexity index is 402. The van der Waals surface area contributed by atoms with Gasteiger partial charge in [-0.3, -0.25) is 0 Å². The lowest BCUT2D eigenvalue weighted by Crippen LogP contribution is -2.38. The summed E-state index contributed by atoms with van der Waals surface area (Å²) in [7, 11) is -0.0286. The minimum absolute atomic E-state index is 0.172. The van der Waals surface area contributed by atoms with E-state index in [2.05, 4.69) is 10.0 Å². The molecule has 0 saturated heterocycles. The fourth-order valence-corrected chi connectivity index (χ4v) is 2.20. The maximum atomic E-state index is 11.8. The van der Waals surface area contributed by atoms with Gasteiger partial charge in [-0.25, -0.2) is 0 Å². The molecule has 1 rings (SSSR count). The van der Waals surface area contributed by atoms with Crippen molar-refractivity contribution in [3.05, 3.63) is 24.2 Å². The van der Waals surface area contributed by atoms with Gasteiger partial charge >= 0.3 is 0 Å². The molecule has 17 heavy (non-hydrogen) atoms. The van der Waals surface area contributed by atoms with Gasteiger partial charge in [0.2, 0.25) is 0 Å². The van der Waals surface area contributed by atoms with Gasteiger partial charge in [0, 0.05) is 13.6 Å². The lowest BCUT2D eigenvalue weighted by Gasteiger charge is -2.17. The Labute approximate surface area is 102 Å². The maximum Gasteiger partial charge on any atom is 0.279 e. The molecule has 6 nitrogen and oxygen atoms in total. The zero-order valence-electron chi connectivity index (χ0n) is 10.1. The van der Waals surface area contributed by atoms with Crippen molar-refractivity contribution >= 4 is 10.2 Å². The maximum absolute atomic E-state index is 11.8. The number of hydrogen-bond acceptors (Lipinski definition) is 4. The smallest absolute Gasteiger partial charge is 0.279 e. The van der Waals surface area contributed by atoms with Crippen LogP contribution in [-0.2, 0) is 16.8 Å². The van der Waals surface area contributed by atoms with E-state index in [4.69, 9.17) is 4.42 Å². The largest absolute Gasteiger partial charge is 0.468 e. The molecule has 0 unspecified atom stereocenters. The molecule has 0 saturated carbocycles. The van der Waals surface area contributed by atoms with Gasteiger partial charge in [-0.2, -0.15) is 17.4 Å². The van der Waals surface area contributed by atoms with Gasteiger partial charge in [-0.1, -0.05) is 0 Å². The van der Waals surface area contributed by atoms with Crippen molar-refractivity contribution in [1.82, 2.24) is 14.3 Å². The summed E-state index contributed by atoms with van der Waals surface area (Å²) in [4.78, 5) is 0. The molecular formula is C10H19N3O3S. The molecule has 0 aliphatic carbocycles. The van der Waals surface area contributed by atoms with Gasteiger partial charge in [-0.15, -0.1) is 0 Å². The van der Waals surface area contributed by atoms with Crippen LogP contribution in [0.25, 0.3) is 0 Å². The second-order valence-electron chi connectivity index (χ2n) is 3.68. The third-order valence-electron chi connectivity index (χ3n) is 2.32. The quantitative estimate of drug-likeness (QED) is 0.654. The minimum Gasteiger partial charge on any atom is -0.468 e. The number of hydrogen-bond donors (Lipinski definition) is 2. The Kier molecular flexibility index (Phi) is 5.63. The van der Waals surface area contributed by atoms with E-state index in [0.717, 1.165) is 13.0 Å². The lowest BCUT2D eigenvalue weighted by molar-refractivity contribution is 0.439. The molecule has 2 N–H and O–H groups in total. The van der Waals surface area contributed by atoms with Crippen molar-refractivity contribution in [1.29, 1.82) is 0 Å². The van der Waals surface area contributed by atoms with Gasteiger partial charge in [0.1, 0.15) is 5.76 Å². The summed E-state index contributed by atoms with van der Waals surface area (Å²) in [5.74, 6) is 0.595. The molecule has 1 aromatic rings. The molecule has 0 aliphatic rings. The van der Waals surface area contributed by atoms with Gasteiger partial charge in [-0.05, 0) is 32.1 Å². The summed E-state index contributed by atoms with van der Waals surface area (Å²) in [5.41, 5.74) is 0. The predicted molar refractivity (Wildman–Crippen MR) is 65.6 cm³/mol. The zero-order chi connectivity index (χ0) is 12.7. The first-order chi connectivity index (χ1) is 8.06. The molecule has 0 fully saturated rings. The van der Waals surface area contributed by atoms with Crippen molar-refractivity contribution in [3.8, 4) is 0 Å². The second kappa shape index (κ2) is 6.75. The van der Waals surface area contributed by atoms with Crippen molar-refractivity contribution in [3.63, 3.8) is 0 Å². The Hall–Kier alpha value is -0.890. The topological polar surface area (TPSA) is 74.6 Å². The van der Waals surface area contributed by atoms with E-state index in [1.54, 1.807) is 19.2 Å². The molecule has 7 heteroatoms. The molecule has 1 heterocycles. The standard InChI is InChI=1S/C10H19N3O3S/c1-11-6-4-7-13(2)17(14,15)12-9-10-5-3-8-16-10/h3,5,8,11-12H,4,6-7,9H2,1-2H3. The van der Waals surface area contributed by atoms with Crippen molar-refractivity contribution in [2.24, 2.45) is 0 Å². The molecule has 0 bridgehead atoms. The molecule has 0 aliphatic heterocycles. The third kappa shape index (κ3) is 4.86. The van der Waals surface area contributed by atoms with Crippen LogP contribution in [0.3, 0.4) is 0 Å². The molecule has 0 spiro atoms. The summed E-state index contributed by atoms with van der Waals surface area (Å²) in [6.07, 6.45) is 2.29. The van der Waals surface area contributed by atoms with E-state index in [0.29, 0.717) is 12.3 Å². The first-order valence-corrected chi connectivity index (χ1v) is 6.88. The number of nitrogens with one attached hydrogen (secondary N) is 2. The molecule has 0 atom stereocenters. The van der Waals surface area contributed by atoms with Crippen molar-refractivity contribution in [2.75, 3.05) is 27.2 Å². The van der Waals surface area contributed by atoms with E-state index in [9.17, 15) is 8.42 Å². The highest BCUT2D eigenvalue weighted by molar-refractivity contribution is 7.87. The Morgan fingerprint density at radius 3 is 2.82 bits per heavy atom. The monoisotopic (exact) mass is 261 g/mol. The first kappa shape index (κ1) is 14.2. The van der Waals surface area contributed by atoms with E-state index >= 15 is 0 Å². The molecule has 0 radical (unpaired) electrons. The first-order valence-electron chi connectivity index (χ1n) is 5.44. The molecule has 1 aromatic heterocycles. The molecular weight excluding hydrogens is 242 g/mol. The van der Waals surface area contributed by atoms with Crippen LogP contribution in [0.15, 0.2) is 22.8 Å². The van der Waals surface area contributed by atoms with Crippen LogP contribution < -0.4 is 10.0 Å². The number of nitrogens with zero attached hydrogens (tertiary/aromatic N) is 1. The van der Waals surface area contributed by atoms with E-state index in [-0.39, 0.29) is 6.54 Å². The third-order valence-corrected chi connectivity index (χ3v) is 3.83. The fourth-order valence-electron chi connectivity index (χ4n) is 1.28. The number of furan rings is 1. The Balaban J connectivity index is 2.39. The highest BCUT2D eigenvalue weighted by Gasteiger charge is 2.16. The van der Waals surface area contributed by atoms with Crippen LogP contribution in [0.1, 0.15) is 12.2 Å². The van der Waals surface area contributed by atoms with E-state index in [1.807, 2.05) is 7.05 Å². The summed E-state index contributed by atoms with van der Waals surface area (Å²) >= 11 is 0. The normalized spacial score (nSPS) is 12.2. The Morgan fingerprint density at radius 1 is 1.47 bits per heavy atom. The second-order valence-corrected chi connectivity index (χ2v) is 5.55. The number of rotatable bonds is 8. The van der Waals surface area contributed by atoms with Gasteiger partial charge in [0.25, 0.3) is 10.2 Å². The highest BCUT2D eigenvalue weighted by Crippen LogP contribution is 2.02. The summed E-state index contributed by atoms with van der Waals surface area (Å²) in [5, 5.41) is 2.97. The van der Waals surface area contributed by atoms with Crippen LogP contribution in [-0.4, -0.2) is 39.9 Å². The summed E-state index contributed by atoms with van der Waals surface area (Å²) in [6, 6.07) is 3.45. The van der Waals surface area contributed by atoms with E-state index < -0.39 is 10.2 Å². The minimum atomic E-state index is -3.42. The summed E-state index contributed by atoms with van der Waals surface area (Å²) in [6.45, 7) is 1.44. The van der Waals surface area contributed by atoms with E-state index in [1.165, 1.54) is 10.6 Å². The van der Waals surface area contributed by atoms with Crippen LogP contribution >= 0.6 is 0 Å². The van der Waals surface area contributed by atoms with Gasteiger partial charge in [0.05, 0.1) is 12.8 Å².